The van der Waals surface area contributed by atoms with Crippen molar-refractivity contribution in [2.75, 3.05) is 6.54 Å². The molecule has 3 heteroatoms. The molecule has 2 aliphatic heterocycles. The third-order valence-corrected chi connectivity index (χ3v) is 2.62. The van der Waals surface area contributed by atoms with Crippen molar-refractivity contribution in [3.8, 4) is 0 Å². The molecule has 0 spiro atoms. The SMILES string of the molecule is C=CC[C@@H]1NC[C@H]2OC(C)(C)O[C@@H]12. The van der Waals surface area contributed by atoms with Crippen LogP contribution in [0.5, 0.6) is 0 Å². The maximum Gasteiger partial charge on any atom is 0.163 e. The summed E-state index contributed by atoms with van der Waals surface area (Å²) in [4.78, 5) is 0. The third-order valence-electron chi connectivity index (χ3n) is 2.62. The van der Waals surface area contributed by atoms with Gasteiger partial charge in [0.25, 0.3) is 0 Å². The number of nitrogens with one attached hydrogen (secondary N) is 1. The van der Waals surface area contributed by atoms with Crippen molar-refractivity contribution < 1.29 is 9.47 Å². The zero-order valence-corrected chi connectivity index (χ0v) is 8.25. The summed E-state index contributed by atoms with van der Waals surface area (Å²) in [6, 6.07) is 0.379. The van der Waals surface area contributed by atoms with Gasteiger partial charge in [-0.3, -0.25) is 0 Å². The molecule has 13 heavy (non-hydrogen) atoms. The lowest BCUT2D eigenvalue weighted by molar-refractivity contribution is -0.152. The summed E-state index contributed by atoms with van der Waals surface area (Å²) in [5.74, 6) is -0.406. The van der Waals surface area contributed by atoms with Crippen LogP contribution in [0, 0.1) is 0 Å². The van der Waals surface area contributed by atoms with E-state index in [0.29, 0.717) is 6.04 Å². The lowest BCUT2D eigenvalue weighted by Gasteiger charge is -2.21. The van der Waals surface area contributed by atoms with Crippen molar-refractivity contribution in [3.63, 3.8) is 0 Å². The predicted molar refractivity (Wildman–Crippen MR) is 50.4 cm³/mol. The van der Waals surface area contributed by atoms with Crippen LogP contribution in [-0.2, 0) is 9.47 Å². The van der Waals surface area contributed by atoms with Gasteiger partial charge in [0.05, 0.1) is 0 Å². The first-order valence-electron chi connectivity index (χ1n) is 4.82. The summed E-state index contributed by atoms with van der Waals surface area (Å²) in [6.07, 6.45) is 3.29. The maximum absolute atomic E-state index is 5.81. The molecular weight excluding hydrogens is 166 g/mol. The highest BCUT2D eigenvalue weighted by atomic mass is 16.8. The zero-order valence-electron chi connectivity index (χ0n) is 8.25. The molecule has 0 aromatic carbocycles. The fraction of sp³-hybridized carbons (Fsp3) is 0.800. The summed E-state index contributed by atoms with van der Waals surface area (Å²) < 4.78 is 11.5. The van der Waals surface area contributed by atoms with E-state index >= 15 is 0 Å². The first-order chi connectivity index (χ1) is 6.12. The van der Waals surface area contributed by atoms with Gasteiger partial charge in [0.2, 0.25) is 0 Å². The molecule has 0 aromatic rings. The van der Waals surface area contributed by atoms with Crippen molar-refractivity contribution in [1.82, 2.24) is 5.32 Å². The van der Waals surface area contributed by atoms with Gasteiger partial charge in [-0.25, -0.2) is 0 Å². The monoisotopic (exact) mass is 183 g/mol. The number of hydrogen-bond donors (Lipinski definition) is 1. The Kier molecular flexibility index (Phi) is 2.18. The van der Waals surface area contributed by atoms with Crippen LogP contribution in [0.1, 0.15) is 20.3 Å². The minimum Gasteiger partial charge on any atom is -0.343 e. The third kappa shape index (κ3) is 1.64. The van der Waals surface area contributed by atoms with E-state index in [0.717, 1.165) is 13.0 Å². The zero-order chi connectivity index (χ0) is 9.47. The Morgan fingerprint density at radius 1 is 1.54 bits per heavy atom. The number of rotatable bonds is 2. The molecule has 0 bridgehead atoms. The molecule has 1 N–H and O–H groups in total. The summed E-state index contributed by atoms with van der Waals surface area (Å²) in [5.41, 5.74) is 0. The fourth-order valence-electron chi connectivity index (χ4n) is 2.14. The van der Waals surface area contributed by atoms with Crippen LogP contribution in [0.15, 0.2) is 12.7 Å². The largest absolute Gasteiger partial charge is 0.343 e. The molecule has 2 rings (SSSR count). The Balaban J connectivity index is 2.03. The van der Waals surface area contributed by atoms with E-state index in [1.165, 1.54) is 0 Å². The Bertz CT molecular complexity index is 215. The molecule has 74 valence electrons. The highest BCUT2D eigenvalue weighted by Gasteiger charge is 2.48. The van der Waals surface area contributed by atoms with Crippen LogP contribution < -0.4 is 5.32 Å². The number of fused-ring (bicyclic) bond motifs is 1. The Morgan fingerprint density at radius 3 is 3.00 bits per heavy atom. The Morgan fingerprint density at radius 2 is 2.31 bits per heavy atom. The smallest absolute Gasteiger partial charge is 0.163 e. The first kappa shape index (κ1) is 9.19. The summed E-state index contributed by atoms with van der Waals surface area (Å²) in [7, 11) is 0. The van der Waals surface area contributed by atoms with Crippen molar-refractivity contribution in [2.45, 2.75) is 44.3 Å². The highest BCUT2D eigenvalue weighted by Crippen LogP contribution is 2.33. The molecule has 2 aliphatic rings. The van der Waals surface area contributed by atoms with Crippen molar-refractivity contribution in [3.05, 3.63) is 12.7 Å². The van der Waals surface area contributed by atoms with Crippen molar-refractivity contribution in [2.24, 2.45) is 0 Å². The Labute approximate surface area is 79.1 Å². The second kappa shape index (κ2) is 3.08. The van der Waals surface area contributed by atoms with E-state index in [4.69, 9.17) is 9.47 Å². The molecule has 0 amide bonds. The van der Waals surface area contributed by atoms with Gasteiger partial charge in [-0.05, 0) is 20.3 Å². The highest BCUT2D eigenvalue weighted by molar-refractivity contribution is 4.99. The molecule has 0 radical (unpaired) electrons. The standard InChI is InChI=1S/C10H17NO2/c1-4-5-7-9-8(6-11-7)12-10(2,3)13-9/h4,7-9,11H,1,5-6H2,2-3H3/t7-,8+,9-/m0/s1. The molecule has 0 saturated carbocycles. The lowest BCUT2D eigenvalue weighted by Crippen LogP contribution is -2.34. The molecule has 2 fully saturated rings. The molecule has 0 aliphatic carbocycles. The van der Waals surface area contributed by atoms with Crippen LogP contribution in [0.2, 0.25) is 0 Å². The second-order valence-corrected chi connectivity index (χ2v) is 4.18. The lowest BCUT2D eigenvalue weighted by atomic mass is 10.1. The van der Waals surface area contributed by atoms with Crippen molar-refractivity contribution >= 4 is 0 Å². The van der Waals surface area contributed by atoms with Crippen LogP contribution in [-0.4, -0.2) is 30.6 Å². The summed E-state index contributed by atoms with van der Waals surface area (Å²) in [6.45, 7) is 8.57. The van der Waals surface area contributed by atoms with Crippen LogP contribution in [0.3, 0.4) is 0 Å². The average Bonchev–Trinajstić information content (AvgIpc) is 2.48. The molecule has 3 atom stereocenters. The fourth-order valence-corrected chi connectivity index (χ4v) is 2.14. The van der Waals surface area contributed by atoms with Gasteiger partial charge in [0, 0.05) is 12.6 Å². The number of hydrogen-bond acceptors (Lipinski definition) is 3. The van der Waals surface area contributed by atoms with Crippen LogP contribution >= 0.6 is 0 Å². The molecule has 3 nitrogen and oxygen atoms in total. The van der Waals surface area contributed by atoms with Crippen molar-refractivity contribution in [1.29, 1.82) is 0 Å². The van der Waals surface area contributed by atoms with E-state index in [1.54, 1.807) is 0 Å². The van der Waals surface area contributed by atoms with Gasteiger partial charge < -0.3 is 14.8 Å². The minimum absolute atomic E-state index is 0.202. The first-order valence-corrected chi connectivity index (χ1v) is 4.82. The van der Waals surface area contributed by atoms with Gasteiger partial charge >= 0.3 is 0 Å². The summed E-state index contributed by atoms with van der Waals surface area (Å²) in [5, 5.41) is 3.38. The molecule has 0 aromatic heterocycles. The molecular formula is C10H17NO2. The molecule has 2 saturated heterocycles. The van der Waals surface area contributed by atoms with E-state index in [-0.39, 0.29) is 12.2 Å². The van der Waals surface area contributed by atoms with Gasteiger partial charge in [0.1, 0.15) is 12.2 Å². The molecule has 0 unspecified atom stereocenters. The van der Waals surface area contributed by atoms with E-state index in [1.807, 2.05) is 19.9 Å². The number of ether oxygens (including phenoxy) is 2. The minimum atomic E-state index is -0.406. The van der Waals surface area contributed by atoms with E-state index < -0.39 is 5.79 Å². The van der Waals surface area contributed by atoms with Gasteiger partial charge in [-0.1, -0.05) is 6.08 Å². The molecule has 2 heterocycles. The normalized spacial score (nSPS) is 41.8. The second-order valence-electron chi connectivity index (χ2n) is 4.18. The Hall–Kier alpha value is -0.380. The van der Waals surface area contributed by atoms with Crippen LogP contribution in [0.25, 0.3) is 0 Å². The van der Waals surface area contributed by atoms with E-state index in [9.17, 15) is 0 Å². The summed E-state index contributed by atoms with van der Waals surface area (Å²) >= 11 is 0. The van der Waals surface area contributed by atoms with Gasteiger partial charge in [-0.2, -0.15) is 0 Å². The van der Waals surface area contributed by atoms with E-state index in [2.05, 4.69) is 11.9 Å². The van der Waals surface area contributed by atoms with Crippen LogP contribution in [0.4, 0.5) is 0 Å². The average molecular weight is 183 g/mol. The van der Waals surface area contributed by atoms with Gasteiger partial charge in [-0.15, -0.1) is 6.58 Å². The predicted octanol–water partition coefficient (Wildman–Crippen LogP) is 1.05. The van der Waals surface area contributed by atoms with Gasteiger partial charge in [0.15, 0.2) is 5.79 Å². The quantitative estimate of drug-likeness (QED) is 0.649. The maximum atomic E-state index is 5.81. The topological polar surface area (TPSA) is 30.5 Å².